The molecule has 1 rings (SSSR count). The van der Waals surface area contributed by atoms with Gasteiger partial charge in [-0.25, -0.2) is 0 Å². The molecule has 88 valence electrons. The fourth-order valence-electron chi connectivity index (χ4n) is 1.35. The Balaban J connectivity index is 2.80. The first-order valence-electron chi connectivity index (χ1n) is 4.73. The van der Waals surface area contributed by atoms with Crippen LogP contribution in [0.25, 0.3) is 0 Å². The normalized spacial score (nSPS) is 12.2. The number of halogens is 1. The number of methoxy groups -OCH3 is 1. The van der Waals surface area contributed by atoms with Gasteiger partial charge in [0, 0.05) is 9.92 Å². The average Bonchev–Trinajstić information content (AvgIpc) is 2.26. The van der Waals surface area contributed by atoms with Crippen LogP contribution in [0, 0.1) is 0 Å². The molecule has 0 radical (unpaired) electrons. The zero-order valence-corrected chi connectivity index (χ0v) is 10.8. The van der Waals surface area contributed by atoms with Gasteiger partial charge < -0.3 is 10.5 Å². The maximum absolute atomic E-state index is 11.2. The van der Waals surface area contributed by atoms with Crippen molar-refractivity contribution in [3.05, 3.63) is 28.8 Å². The van der Waals surface area contributed by atoms with Gasteiger partial charge in [-0.05, 0) is 36.4 Å². The van der Waals surface area contributed by atoms with Crippen molar-refractivity contribution in [1.29, 1.82) is 0 Å². The molecule has 0 saturated heterocycles. The Morgan fingerprint density at radius 3 is 2.81 bits per heavy atom. The zero-order valence-electron chi connectivity index (χ0n) is 9.20. The highest BCUT2D eigenvalue weighted by molar-refractivity contribution is 7.98. The van der Waals surface area contributed by atoms with Crippen LogP contribution in [-0.2, 0) is 16.0 Å². The molecule has 0 saturated carbocycles. The Bertz CT molecular complexity index is 384. The lowest BCUT2D eigenvalue weighted by Gasteiger charge is -2.10. The predicted octanol–water partition coefficient (Wildman–Crippen LogP) is 2.10. The van der Waals surface area contributed by atoms with Gasteiger partial charge >= 0.3 is 5.97 Å². The number of rotatable bonds is 4. The van der Waals surface area contributed by atoms with Crippen molar-refractivity contribution < 1.29 is 9.53 Å². The Labute approximate surface area is 104 Å². The van der Waals surface area contributed by atoms with E-state index in [2.05, 4.69) is 4.74 Å². The topological polar surface area (TPSA) is 52.3 Å². The molecule has 1 unspecified atom stereocenters. The fourth-order valence-corrected chi connectivity index (χ4v) is 2.18. The molecule has 1 atom stereocenters. The second-order valence-corrected chi connectivity index (χ2v) is 4.65. The lowest BCUT2D eigenvalue weighted by Crippen LogP contribution is -2.33. The van der Waals surface area contributed by atoms with Crippen LogP contribution >= 0.6 is 23.4 Å². The fraction of sp³-hybridized carbons (Fsp3) is 0.364. The quantitative estimate of drug-likeness (QED) is 0.665. The summed E-state index contributed by atoms with van der Waals surface area (Å²) in [5.74, 6) is -0.411. The van der Waals surface area contributed by atoms with Crippen molar-refractivity contribution in [3.8, 4) is 0 Å². The van der Waals surface area contributed by atoms with E-state index in [0.717, 1.165) is 10.5 Å². The first-order valence-corrected chi connectivity index (χ1v) is 6.34. The highest BCUT2D eigenvalue weighted by Gasteiger charge is 2.14. The molecule has 0 aliphatic carbocycles. The number of ether oxygens (including phenoxy) is 1. The van der Waals surface area contributed by atoms with Gasteiger partial charge in [0.1, 0.15) is 6.04 Å². The standard InChI is InChI=1S/C11H14ClNO2S/c1-15-11(14)10(13)5-7-3-8(12)6-9(4-7)16-2/h3-4,6,10H,5,13H2,1-2H3. The largest absolute Gasteiger partial charge is 0.468 e. The third kappa shape index (κ3) is 3.70. The van der Waals surface area contributed by atoms with E-state index in [9.17, 15) is 4.79 Å². The van der Waals surface area contributed by atoms with Crippen LogP contribution in [0.1, 0.15) is 5.56 Å². The number of benzene rings is 1. The van der Waals surface area contributed by atoms with E-state index >= 15 is 0 Å². The second kappa shape index (κ2) is 6.13. The molecular formula is C11H14ClNO2S. The molecule has 0 heterocycles. The van der Waals surface area contributed by atoms with Crippen LogP contribution in [0.15, 0.2) is 23.1 Å². The number of hydrogen-bond acceptors (Lipinski definition) is 4. The summed E-state index contributed by atoms with van der Waals surface area (Å²) >= 11 is 7.55. The molecular weight excluding hydrogens is 246 g/mol. The summed E-state index contributed by atoms with van der Waals surface area (Å²) < 4.78 is 4.57. The van der Waals surface area contributed by atoms with Crippen LogP contribution in [-0.4, -0.2) is 25.4 Å². The number of thioether (sulfide) groups is 1. The molecule has 3 nitrogen and oxygen atoms in total. The molecule has 1 aromatic rings. The summed E-state index contributed by atoms with van der Waals surface area (Å²) in [6.07, 6.45) is 2.40. The molecule has 0 spiro atoms. The Morgan fingerprint density at radius 1 is 1.56 bits per heavy atom. The Morgan fingerprint density at radius 2 is 2.25 bits per heavy atom. The van der Waals surface area contributed by atoms with E-state index in [1.165, 1.54) is 7.11 Å². The van der Waals surface area contributed by atoms with E-state index in [1.807, 2.05) is 24.5 Å². The SMILES string of the molecule is COC(=O)C(N)Cc1cc(Cl)cc(SC)c1. The van der Waals surface area contributed by atoms with Crippen molar-refractivity contribution in [2.24, 2.45) is 5.73 Å². The molecule has 0 fully saturated rings. The van der Waals surface area contributed by atoms with Gasteiger partial charge in [-0.1, -0.05) is 11.6 Å². The van der Waals surface area contributed by atoms with Crippen LogP contribution in [0.5, 0.6) is 0 Å². The third-order valence-electron chi connectivity index (χ3n) is 2.13. The molecule has 1 aromatic carbocycles. The summed E-state index contributed by atoms with van der Waals surface area (Å²) in [5, 5.41) is 0.652. The Hall–Kier alpha value is -0.710. The van der Waals surface area contributed by atoms with Gasteiger partial charge in [-0.15, -0.1) is 11.8 Å². The van der Waals surface area contributed by atoms with Gasteiger partial charge in [0.2, 0.25) is 0 Å². The van der Waals surface area contributed by atoms with Crippen molar-refractivity contribution in [3.63, 3.8) is 0 Å². The molecule has 2 N–H and O–H groups in total. The highest BCUT2D eigenvalue weighted by Crippen LogP contribution is 2.22. The maximum Gasteiger partial charge on any atom is 0.322 e. The summed E-state index contributed by atoms with van der Waals surface area (Å²) in [7, 11) is 1.33. The smallest absolute Gasteiger partial charge is 0.322 e. The number of carbonyl (C=O) groups is 1. The zero-order chi connectivity index (χ0) is 12.1. The number of hydrogen-bond donors (Lipinski definition) is 1. The van der Waals surface area contributed by atoms with E-state index < -0.39 is 12.0 Å². The van der Waals surface area contributed by atoms with E-state index in [-0.39, 0.29) is 0 Å². The van der Waals surface area contributed by atoms with Gasteiger partial charge in [0.15, 0.2) is 0 Å². The van der Waals surface area contributed by atoms with Crippen molar-refractivity contribution >= 4 is 29.3 Å². The van der Waals surface area contributed by atoms with E-state index in [4.69, 9.17) is 17.3 Å². The number of carbonyl (C=O) groups excluding carboxylic acids is 1. The van der Waals surface area contributed by atoms with Crippen molar-refractivity contribution in [1.82, 2.24) is 0 Å². The minimum absolute atomic E-state index is 0.411. The molecule has 5 heteroatoms. The minimum Gasteiger partial charge on any atom is -0.468 e. The van der Waals surface area contributed by atoms with Crippen molar-refractivity contribution in [2.75, 3.05) is 13.4 Å². The molecule has 0 bridgehead atoms. The first kappa shape index (κ1) is 13.4. The number of nitrogens with two attached hydrogens (primary N) is 1. The first-order chi connectivity index (χ1) is 7.56. The molecule has 16 heavy (non-hydrogen) atoms. The lowest BCUT2D eigenvalue weighted by molar-refractivity contribution is -0.142. The van der Waals surface area contributed by atoms with Crippen LogP contribution in [0.4, 0.5) is 0 Å². The van der Waals surface area contributed by atoms with Crippen LogP contribution < -0.4 is 5.73 Å². The molecule has 0 aliphatic rings. The monoisotopic (exact) mass is 259 g/mol. The minimum atomic E-state index is -0.641. The summed E-state index contributed by atoms with van der Waals surface area (Å²) in [6.45, 7) is 0. The summed E-state index contributed by atoms with van der Waals surface area (Å²) in [5.41, 5.74) is 6.62. The molecule has 0 aliphatic heterocycles. The van der Waals surface area contributed by atoms with Crippen molar-refractivity contribution in [2.45, 2.75) is 17.4 Å². The van der Waals surface area contributed by atoms with E-state index in [1.54, 1.807) is 11.8 Å². The van der Waals surface area contributed by atoms with Crippen LogP contribution in [0.3, 0.4) is 0 Å². The number of esters is 1. The van der Waals surface area contributed by atoms with Gasteiger partial charge in [0.25, 0.3) is 0 Å². The predicted molar refractivity (Wildman–Crippen MR) is 66.9 cm³/mol. The maximum atomic E-state index is 11.2. The lowest BCUT2D eigenvalue weighted by atomic mass is 10.1. The van der Waals surface area contributed by atoms with Gasteiger partial charge in [-0.2, -0.15) is 0 Å². The third-order valence-corrected chi connectivity index (χ3v) is 3.05. The Kier molecular flexibility index (Phi) is 5.12. The van der Waals surface area contributed by atoms with E-state index in [0.29, 0.717) is 11.4 Å². The summed E-state index contributed by atoms with van der Waals surface area (Å²) in [4.78, 5) is 12.2. The van der Waals surface area contributed by atoms with Gasteiger partial charge in [0.05, 0.1) is 7.11 Å². The second-order valence-electron chi connectivity index (χ2n) is 3.33. The van der Waals surface area contributed by atoms with Crippen LogP contribution in [0.2, 0.25) is 5.02 Å². The van der Waals surface area contributed by atoms with Gasteiger partial charge in [-0.3, -0.25) is 4.79 Å². The summed E-state index contributed by atoms with van der Waals surface area (Å²) in [6, 6.07) is 5.01. The average molecular weight is 260 g/mol. The molecule has 0 amide bonds. The highest BCUT2D eigenvalue weighted by atomic mass is 35.5. The molecule has 0 aromatic heterocycles.